The van der Waals surface area contributed by atoms with E-state index < -0.39 is 0 Å². The molecule has 1 aliphatic heterocycles. The molecular formula is C22H33N4O+. The highest BCUT2D eigenvalue weighted by Gasteiger charge is 2.31. The van der Waals surface area contributed by atoms with Crippen LogP contribution in [0.5, 0.6) is 0 Å². The maximum Gasteiger partial charge on any atom is 0.258 e. The molecule has 5 nitrogen and oxygen atoms in total. The van der Waals surface area contributed by atoms with E-state index in [2.05, 4.69) is 39.8 Å². The topological polar surface area (TPSA) is 42.6 Å². The van der Waals surface area contributed by atoms with E-state index >= 15 is 0 Å². The minimum Gasteiger partial charge on any atom is -0.332 e. The van der Waals surface area contributed by atoms with E-state index in [9.17, 15) is 4.79 Å². The van der Waals surface area contributed by atoms with E-state index in [0.29, 0.717) is 0 Å². The maximum absolute atomic E-state index is 13.5. The van der Waals surface area contributed by atoms with E-state index in [4.69, 9.17) is 5.10 Å². The highest BCUT2D eigenvalue weighted by molar-refractivity contribution is 5.97. The quantitative estimate of drug-likeness (QED) is 0.849. The van der Waals surface area contributed by atoms with Crippen LogP contribution < -0.4 is 4.90 Å². The standard InChI is InChI=1S/C22H32N4O/c1-5-10-19-20(22(27)25-15-13-24(6-2)14-16-25)21(17(3)4)26(23-19)18-11-8-7-9-12-18/h7-9,11-12,17H,5-6,10,13-16H2,1-4H3/p+1. The van der Waals surface area contributed by atoms with Gasteiger partial charge >= 0.3 is 0 Å². The van der Waals surface area contributed by atoms with Crippen LogP contribution >= 0.6 is 0 Å². The average Bonchev–Trinajstić information content (AvgIpc) is 3.08. The van der Waals surface area contributed by atoms with Gasteiger partial charge in [0.2, 0.25) is 0 Å². The molecule has 0 spiro atoms. The number of aryl methyl sites for hydroxylation is 1. The summed E-state index contributed by atoms with van der Waals surface area (Å²) in [7, 11) is 0. The lowest BCUT2D eigenvalue weighted by atomic mass is 10.00. The number of benzene rings is 1. The predicted molar refractivity (Wildman–Crippen MR) is 109 cm³/mol. The van der Waals surface area contributed by atoms with Gasteiger partial charge in [0.15, 0.2) is 0 Å². The average molecular weight is 370 g/mol. The van der Waals surface area contributed by atoms with Gasteiger partial charge in [0.05, 0.1) is 55.4 Å². The molecule has 2 aromatic rings. The molecule has 1 aliphatic rings. The highest BCUT2D eigenvalue weighted by Crippen LogP contribution is 2.28. The van der Waals surface area contributed by atoms with Crippen molar-refractivity contribution in [2.45, 2.75) is 46.5 Å². The largest absolute Gasteiger partial charge is 0.332 e. The fraction of sp³-hybridized carbons (Fsp3) is 0.545. The number of hydrogen-bond donors (Lipinski definition) is 1. The third kappa shape index (κ3) is 4.08. The summed E-state index contributed by atoms with van der Waals surface area (Å²) in [6, 6.07) is 10.2. The molecule has 1 aromatic carbocycles. The predicted octanol–water partition coefficient (Wildman–Crippen LogP) is 2.31. The Balaban J connectivity index is 2.02. The van der Waals surface area contributed by atoms with Gasteiger partial charge in [0, 0.05) is 0 Å². The molecule has 27 heavy (non-hydrogen) atoms. The van der Waals surface area contributed by atoms with E-state index in [0.717, 1.165) is 68.2 Å². The van der Waals surface area contributed by atoms with Crippen LogP contribution in [0.4, 0.5) is 0 Å². The second-order valence-corrected chi connectivity index (χ2v) is 7.75. The summed E-state index contributed by atoms with van der Waals surface area (Å²) in [6.07, 6.45) is 1.82. The molecule has 0 radical (unpaired) electrons. The van der Waals surface area contributed by atoms with Crippen molar-refractivity contribution >= 4 is 5.91 Å². The van der Waals surface area contributed by atoms with Crippen molar-refractivity contribution in [3.8, 4) is 5.69 Å². The van der Waals surface area contributed by atoms with Gasteiger partial charge < -0.3 is 9.80 Å². The number of piperazine rings is 1. The van der Waals surface area contributed by atoms with Gasteiger partial charge in [-0.1, -0.05) is 45.4 Å². The number of nitrogens with zero attached hydrogens (tertiary/aromatic N) is 3. The molecule has 3 rings (SSSR count). The summed E-state index contributed by atoms with van der Waals surface area (Å²) < 4.78 is 2.00. The smallest absolute Gasteiger partial charge is 0.258 e. The Kier molecular flexibility index (Phi) is 6.32. The monoisotopic (exact) mass is 369 g/mol. The van der Waals surface area contributed by atoms with E-state index in [1.165, 1.54) is 0 Å². The van der Waals surface area contributed by atoms with Crippen LogP contribution in [0.25, 0.3) is 5.69 Å². The van der Waals surface area contributed by atoms with Crippen LogP contribution in [-0.2, 0) is 6.42 Å². The first kappa shape index (κ1) is 19.6. The number of hydrogen-bond acceptors (Lipinski definition) is 2. The van der Waals surface area contributed by atoms with Gasteiger partial charge in [-0.25, -0.2) is 4.68 Å². The number of rotatable bonds is 6. The molecular weight excluding hydrogens is 336 g/mol. The molecule has 0 saturated carbocycles. The fourth-order valence-electron chi connectivity index (χ4n) is 3.96. The Morgan fingerprint density at radius 2 is 1.81 bits per heavy atom. The molecule has 1 N–H and O–H groups in total. The first-order valence-corrected chi connectivity index (χ1v) is 10.4. The molecule has 1 fully saturated rings. The van der Waals surface area contributed by atoms with Crippen molar-refractivity contribution in [1.29, 1.82) is 0 Å². The number of carbonyl (C=O) groups excluding carboxylic acids is 1. The summed E-state index contributed by atoms with van der Waals surface area (Å²) in [5, 5.41) is 4.90. The molecule has 1 amide bonds. The second-order valence-electron chi connectivity index (χ2n) is 7.75. The van der Waals surface area contributed by atoms with Crippen LogP contribution in [-0.4, -0.2) is 53.3 Å². The van der Waals surface area contributed by atoms with Gasteiger partial charge in [-0.15, -0.1) is 0 Å². The first-order valence-electron chi connectivity index (χ1n) is 10.4. The number of carbonyl (C=O) groups is 1. The van der Waals surface area contributed by atoms with Crippen molar-refractivity contribution < 1.29 is 9.69 Å². The SMILES string of the molecule is CCCc1nn(-c2ccccc2)c(C(C)C)c1C(=O)N1CC[NH+](CC)CC1. The minimum absolute atomic E-state index is 0.166. The third-order valence-corrected chi connectivity index (χ3v) is 5.50. The second kappa shape index (κ2) is 8.70. The van der Waals surface area contributed by atoms with E-state index in [1.54, 1.807) is 4.90 Å². The summed E-state index contributed by atoms with van der Waals surface area (Å²) >= 11 is 0. The lowest BCUT2D eigenvalue weighted by Crippen LogP contribution is -3.14. The maximum atomic E-state index is 13.5. The van der Waals surface area contributed by atoms with Gasteiger partial charge in [0.25, 0.3) is 5.91 Å². The summed E-state index contributed by atoms with van der Waals surface area (Å²) in [6.45, 7) is 13.5. The molecule has 5 heteroatoms. The zero-order chi connectivity index (χ0) is 19.4. The molecule has 0 aliphatic carbocycles. The molecule has 1 aromatic heterocycles. The fourth-order valence-corrected chi connectivity index (χ4v) is 3.96. The summed E-state index contributed by atoms with van der Waals surface area (Å²) in [5.74, 6) is 0.393. The Labute approximate surface area is 163 Å². The lowest BCUT2D eigenvalue weighted by Gasteiger charge is -2.32. The van der Waals surface area contributed by atoms with Crippen molar-refractivity contribution in [1.82, 2.24) is 14.7 Å². The molecule has 2 heterocycles. The molecule has 0 atom stereocenters. The number of likely N-dealkylation sites (N-methyl/N-ethyl adjacent to an activating group) is 1. The summed E-state index contributed by atoms with van der Waals surface area (Å²) in [4.78, 5) is 17.1. The van der Waals surface area contributed by atoms with Crippen LogP contribution in [0, 0.1) is 0 Å². The van der Waals surface area contributed by atoms with Gasteiger partial charge in [-0.2, -0.15) is 5.10 Å². The Morgan fingerprint density at radius 3 is 2.37 bits per heavy atom. The van der Waals surface area contributed by atoms with Gasteiger partial charge in [-0.05, 0) is 31.4 Å². The number of amides is 1. The number of para-hydroxylation sites is 1. The zero-order valence-corrected chi connectivity index (χ0v) is 17.2. The highest BCUT2D eigenvalue weighted by atomic mass is 16.2. The zero-order valence-electron chi connectivity index (χ0n) is 17.2. The minimum atomic E-state index is 0.166. The van der Waals surface area contributed by atoms with Crippen LogP contribution in [0.2, 0.25) is 0 Å². The lowest BCUT2D eigenvalue weighted by molar-refractivity contribution is -0.902. The van der Waals surface area contributed by atoms with Gasteiger partial charge in [0.1, 0.15) is 0 Å². The Morgan fingerprint density at radius 1 is 1.15 bits per heavy atom. The molecule has 146 valence electrons. The third-order valence-electron chi connectivity index (χ3n) is 5.50. The van der Waals surface area contributed by atoms with Crippen LogP contribution in [0.15, 0.2) is 30.3 Å². The molecule has 0 bridgehead atoms. The van der Waals surface area contributed by atoms with Crippen LogP contribution in [0.1, 0.15) is 61.8 Å². The van der Waals surface area contributed by atoms with Crippen LogP contribution in [0.3, 0.4) is 0 Å². The number of quaternary nitrogens is 1. The van der Waals surface area contributed by atoms with E-state index in [1.807, 2.05) is 27.8 Å². The molecule has 0 unspecified atom stereocenters. The van der Waals surface area contributed by atoms with Crippen molar-refractivity contribution in [3.63, 3.8) is 0 Å². The normalized spacial score (nSPS) is 15.5. The Hall–Kier alpha value is -2.14. The van der Waals surface area contributed by atoms with Gasteiger partial charge in [-0.3, -0.25) is 4.79 Å². The molecule has 1 saturated heterocycles. The Bertz CT molecular complexity index is 758. The number of aromatic nitrogens is 2. The van der Waals surface area contributed by atoms with E-state index in [-0.39, 0.29) is 11.8 Å². The first-order chi connectivity index (χ1) is 13.1. The summed E-state index contributed by atoms with van der Waals surface area (Å²) in [5.41, 5.74) is 3.86. The van der Waals surface area contributed by atoms with Crippen molar-refractivity contribution in [2.24, 2.45) is 0 Å². The van der Waals surface area contributed by atoms with Crippen molar-refractivity contribution in [3.05, 3.63) is 47.3 Å². The van der Waals surface area contributed by atoms with Crippen molar-refractivity contribution in [2.75, 3.05) is 32.7 Å². The number of nitrogens with one attached hydrogen (secondary N) is 1.